The van der Waals surface area contributed by atoms with Gasteiger partial charge in [0.25, 0.3) is 5.91 Å². The van der Waals surface area contributed by atoms with E-state index in [2.05, 4.69) is 26.2 Å². The van der Waals surface area contributed by atoms with Crippen LogP contribution in [0.4, 0.5) is 0 Å². The lowest BCUT2D eigenvalue weighted by Crippen LogP contribution is -2.23. The zero-order valence-corrected chi connectivity index (χ0v) is 17.5. The lowest BCUT2D eigenvalue weighted by Gasteiger charge is -2.09. The zero-order valence-electron chi connectivity index (χ0n) is 15.1. The Kier molecular flexibility index (Phi) is 6.90. The van der Waals surface area contributed by atoms with Gasteiger partial charge in [0.1, 0.15) is 11.5 Å². The molecule has 1 amide bonds. The first-order chi connectivity index (χ1) is 13.5. The molecule has 0 radical (unpaired) electrons. The first-order valence-electron chi connectivity index (χ1n) is 8.64. The number of nitrogens with zero attached hydrogens (tertiary/aromatic N) is 1. The van der Waals surface area contributed by atoms with Crippen LogP contribution in [0.3, 0.4) is 0 Å². The van der Waals surface area contributed by atoms with Gasteiger partial charge in [0.15, 0.2) is 0 Å². The molecule has 1 heterocycles. The van der Waals surface area contributed by atoms with E-state index in [0.717, 1.165) is 15.8 Å². The highest BCUT2D eigenvalue weighted by Gasteiger charge is 2.11. The highest BCUT2D eigenvalue weighted by atomic mass is 79.9. The van der Waals surface area contributed by atoms with E-state index in [1.165, 1.54) is 0 Å². The molecular weight excluding hydrogens is 444 g/mol. The monoisotopic (exact) mass is 460 g/mol. The molecule has 0 bridgehead atoms. The molecule has 3 rings (SSSR count). The third-order valence-electron chi connectivity index (χ3n) is 3.78. The third kappa shape index (κ3) is 5.47. The van der Waals surface area contributed by atoms with Gasteiger partial charge in [-0.25, -0.2) is 4.98 Å². The number of hydrogen-bond acceptors (Lipinski definition) is 4. The lowest BCUT2D eigenvalue weighted by atomic mass is 10.2. The molecule has 7 heteroatoms. The molecule has 0 aliphatic heterocycles. The first kappa shape index (κ1) is 20.2. The van der Waals surface area contributed by atoms with Crippen molar-refractivity contribution in [1.29, 1.82) is 0 Å². The molecule has 0 aliphatic carbocycles. The van der Waals surface area contributed by atoms with Gasteiger partial charge in [-0.15, -0.1) is 0 Å². The summed E-state index contributed by atoms with van der Waals surface area (Å²) in [5.74, 6) is 1.62. The quantitative estimate of drug-likeness (QED) is 0.496. The van der Waals surface area contributed by atoms with Crippen molar-refractivity contribution in [1.82, 2.24) is 10.3 Å². The Bertz CT molecular complexity index is 964. The maximum absolute atomic E-state index is 12.4. The molecule has 0 fully saturated rings. The van der Waals surface area contributed by atoms with Gasteiger partial charge in [0.2, 0.25) is 5.88 Å². The zero-order chi connectivity index (χ0) is 19.9. The summed E-state index contributed by atoms with van der Waals surface area (Å²) in [6.07, 6.45) is 1.64. The molecule has 2 aromatic carbocycles. The van der Waals surface area contributed by atoms with Crippen LogP contribution in [0.5, 0.6) is 17.4 Å². The van der Waals surface area contributed by atoms with Crippen LogP contribution < -0.4 is 14.8 Å². The predicted octanol–water partition coefficient (Wildman–Crippen LogP) is 5.62. The summed E-state index contributed by atoms with van der Waals surface area (Å²) >= 11 is 9.44. The van der Waals surface area contributed by atoms with Crippen LogP contribution in [0.1, 0.15) is 22.8 Å². The largest absolute Gasteiger partial charge is 0.494 e. The Hall–Kier alpha value is -2.57. The van der Waals surface area contributed by atoms with Gasteiger partial charge in [-0.05, 0) is 61.0 Å². The molecule has 3 aromatic rings. The van der Waals surface area contributed by atoms with Gasteiger partial charge in [-0.2, -0.15) is 0 Å². The predicted molar refractivity (Wildman–Crippen MR) is 112 cm³/mol. The molecule has 0 saturated carbocycles. The molecular formula is C21H18BrClN2O3. The Morgan fingerprint density at radius 2 is 1.86 bits per heavy atom. The maximum Gasteiger partial charge on any atom is 0.253 e. The number of amides is 1. The van der Waals surface area contributed by atoms with Gasteiger partial charge in [-0.1, -0.05) is 27.5 Å². The van der Waals surface area contributed by atoms with Crippen LogP contribution in [-0.2, 0) is 6.54 Å². The molecule has 1 N–H and O–H groups in total. The molecule has 1 aromatic heterocycles. The molecule has 28 heavy (non-hydrogen) atoms. The third-order valence-corrected chi connectivity index (χ3v) is 4.61. The molecule has 5 nitrogen and oxygen atoms in total. The van der Waals surface area contributed by atoms with Crippen LogP contribution in [0, 0.1) is 0 Å². The van der Waals surface area contributed by atoms with E-state index >= 15 is 0 Å². The molecule has 0 aliphatic rings. The summed E-state index contributed by atoms with van der Waals surface area (Å²) in [5.41, 5.74) is 1.27. The summed E-state index contributed by atoms with van der Waals surface area (Å²) in [6, 6.07) is 16.0. The number of rotatable bonds is 7. The molecule has 0 saturated heterocycles. The van der Waals surface area contributed by atoms with Crippen molar-refractivity contribution < 1.29 is 14.3 Å². The van der Waals surface area contributed by atoms with Gasteiger partial charge >= 0.3 is 0 Å². The van der Waals surface area contributed by atoms with E-state index in [0.29, 0.717) is 35.4 Å². The van der Waals surface area contributed by atoms with Crippen molar-refractivity contribution >= 4 is 33.4 Å². The molecule has 0 unspecified atom stereocenters. The average Bonchev–Trinajstić information content (AvgIpc) is 2.70. The molecule has 0 spiro atoms. The van der Waals surface area contributed by atoms with Crippen LogP contribution in [0.2, 0.25) is 5.02 Å². The number of ether oxygens (including phenoxy) is 2. The summed E-state index contributed by atoms with van der Waals surface area (Å²) in [4.78, 5) is 16.6. The number of pyridine rings is 1. The van der Waals surface area contributed by atoms with Gasteiger partial charge in [-0.3, -0.25) is 4.79 Å². The second-order valence-corrected chi connectivity index (χ2v) is 7.14. The Morgan fingerprint density at radius 3 is 2.61 bits per heavy atom. The Labute approximate surface area is 176 Å². The normalized spacial score (nSPS) is 10.4. The summed E-state index contributed by atoms with van der Waals surface area (Å²) < 4.78 is 12.0. The van der Waals surface area contributed by atoms with Crippen molar-refractivity contribution in [3.63, 3.8) is 0 Å². The van der Waals surface area contributed by atoms with Crippen molar-refractivity contribution in [2.75, 3.05) is 6.61 Å². The number of halogens is 2. The van der Waals surface area contributed by atoms with Gasteiger partial charge in [0.05, 0.1) is 17.2 Å². The van der Waals surface area contributed by atoms with Crippen molar-refractivity contribution in [2.24, 2.45) is 0 Å². The van der Waals surface area contributed by atoms with Crippen LogP contribution in [-0.4, -0.2) is 17.5 Å². The van der Waals surface area contributed by atoms with Gasteiger partial charge in [0, 0.05) is 23.3 Å². The summed E-state index contributed by atoms with van der Waals surface area (Å²) in [5, 5.41) is 3.25. The summed E-state index contributed by atoms with van der Waals surface area (Å²) in [6.45, 7) is 2.87. The minimum atomic E-state index is -0.253. The molecule has 0 atom stereocenters. The number of carbonyl (C=O) groups is 1. The second-order valence-electron chi connectivity index (χ2n) is 5.82. The van der Waals surface area contributed by atoms with E-state index in [9.17, 15) is 4.79 Å². The van der Waals surface area contributed by atoms with Crippen LogP contribution in [0.15, 0.2) is 65.3 Å². The number of carbonyl (C=O) groups excluding carboxylic acids is 1. The second kappa shape index (κ2) is 9.57. The highest BCUT2D eigenvalue weighted by molar-refractivity contribution is 9.10. The van der Waals surface area contributed by atoms with Crippen molar-refractivity contribution in [3.05, 3.63) is 81.4 Å². The average molecular weight is 462 g/mol. The summed E-state index contributed by atoms with van der Waals surface area (Å²) in [7, 11) is 0. The number of aromatic nitrogens is 1. The van der Waals surface area contributed by atoms with Crippen LogP contribution in [0.25, 0.3) is 0 Å². The van der Waals surface area contributed by atoms with E-state index < -0.39 is 0 Å². The fraction of sp³-hybridized carbons (Fsp3) is 0.143. The van der Waals surface area contributed by atoms with E-state index in [1.807, 2.05) is 37.3 Å². The smallest absolute Gasteiger partial charge is 0.253 e. The molecule has 144 valence electrons. The standard InChI is InChI=1S/C21H18BrClN2O3/c1-2-27-16-4-6-17(7-5-16)28-20-11-14(9-10-24-20)13-25-21(26)18-12-15(22)3-8-19(18)23/h3-12H,2,13H2,1H3,(H,25,26). The van der Waals surface area contributed by atoms with Crippen LogP contribution >= 0.6 is 27.5 Å². The first-order valence-corrected chi connectivity index (χ1v) is 9.81. The van der Waals surface area contributed by atoms with E-state index in [4.69, 9.17) is 21.1 Å². The SMILES string of the molecule is CCOc1ccc(Oc2cc(CNC(=O)c3cc(Br)ccc3Cl)ccn2)cc1. The lowest BCUT2D eigenvalue weighted by molar-refractivity contribution is 0.0951. The number of hydrogen-bond donors (Lipinski definition) is 1. The number of benzene rings is 2. The van der Waals surface area contributed by atoms with E-state index in [1.54, 1.807) is 30.5 Å². The Balaban J connectivity index is 1.63. The van der Waals surface area contributed by atoms with Gasteiger partial charge < -0.3 is 14.8 Å². The minimum Gasteiger partial charge on any atom is -0.494 e. The fourth-order valence-corrected chi connectivity index (χ4v) is 3.02. The highest BCUT2D eigenvalue weighted by Crippen LogP contribution is 2.23. The maximum atomic E-state index is 12.4. The van der Waals surface area contributed by atoms with Crippen molar-refractivity contribution in [2.45, 2.75) is 13.5 Å². The number of nitrogens with one attached hydrogen (secondary N) is 1. The fourth-order valence-electron chi connectivity index (χ4n) is 2.46. The van der Waals surface area contributed by atoms with Crippen molar-refractivity contribution in [3.8, 4) is 17.4 Å². The van der Waals surface area contributed by atoms with E-state index in [-0.39, 0.29) is 5.91 Å². The topological polar surface area (TPSA) is 60.5 Å². The Morgan fingerprint density at radius 1 is 1.11 bits per heavy atom. The minimum absolute atomic E-state index is 0.253.